The van der Waals surface area contributed by atoms with Gasteiger partial charge in [-0.1, -0.05) is 26.0 Å². The van der Waals surface area contributed by atoms with E-state index in [4.69, 9.17) is 5.41 Å². The summed E-state index contributed by atoms with van der Waals surface area (Å²) in [6.45, 7) is 3.81. The molecule has 2 N–H and O–H groups in total. The monoisotopic (exact) mass is 163 g/mol. The Morgan fingerprint density at radius 1 is 1.33 bits per heavy atom. The van der Waals surface area contributed by atoms with Crippen molar-refractivity contribution < 1.29 is 5.11 Å². The second-order valence-corrected chi connectivity index (χ2v) is 3.09. The van der Waals surface area contributed by atoms with Crippen molar-refractivity contribution in [3.8, 4) is 0 Å². The third-order valence-electron chi connectivity index (χ3n) is 1.75. The molecule has 0 unspecified atom stereocenters. The van der Waals surface area contributed by atoms with Crippen LogP contribution in [0.3, 0.4) is 0 Å². The van der Waals surface area contributed by atoms with Crippen molar-refractivity contribution in [1.82, 2.24) is 0 Å². The highest BCUT2D eigenvalue weighted by atomic mass is 16.3. The average molecular weight is 163 g/mol. The van der Waals surface area contributed by atoms with Gasteiger partial charge < -0.3 is 10.5 Å². The number of hydrogen-bond donors (Lipinski definition) is 2. The van der Waals surface area contributed by atoms with Crippen LogP contribution in [0.4, 0.5) is 0 Å². The Morgan fingerprint density at radius 2 is 1.92 bits per heavy atom. The van der Waals surface area contributed by atoms with Gasteiger partial charge >= 0.3 is 0 Å². The summed E-state index contributed by atoms with van der Waals surface area (Å²) in [4.78, 5) is 0. The molecule has 0 fully saturated rings. The van der Waals surface area contributed by atoms with E-state index in [0.717, 1.165) is 0 Å². The molecule has 1 aliphatic rings. The van der Waals surface area contributed by atoms with Gasteiger partial charge in [-0.05, 0) is 12.2 Å². The van der Waals surface area contributed by atoms with Crippen molar-refractivity contribution >= 4 is 5.71 Å². The Bertz CT molecular complexity index is 282. The quantitative estimate of drug-likeness (QED) is 0.573. The summed E-state index contributed by atoms with van der Waals surface area (Å²) in [6, 6.07) is 0. The van der Waals surface area contributed by atoms with Gasteiger partial charge in [0, 0.05) is 11.5 Å². The van der Waals surface area contributed by atoms with Gasteiger partial charge in [0.15, 0.2) is 0 Å². The first-order valence-electron chi connectivity index (χ1n) is 3.99. The van der Waals surface area contributed by atoms with Crippen LogP contribution in [0.1, 0.15) is 13.8 Å². The second-order valence-electron chi connectivity index (χ2n) is 3.09. The molecule has 2 heteroatoms. The molecular weight excluding hydrogens is 150 g/mol. The van der Waals surface area contributed by atoms with Crippen LogP contribution in [0.5, 0.6) is 0 Å². The van der Waals surface area contributed by atoms with Crippen molar-refractivity contribution in [2.45, 2.75) is 13.8 Å². The maximum absolute atomic E-state index is 9.58. The Labute approximate surface area is 72.4 Å². The Balaban J connectivity index is 3.02. The van der Waals surface area contributed by atoms with E-state index in [-0.39, 0.29) is 5.92 Å². The minimum Gasteiger partial charge on any atom is -0.511 e. The maximum atomic E-state index is 9.58. The first kappa shape index (κ1) is 8.78. The highest BCUT2D eigenvalue weighted by molar-refractivity contribution is 6.09. The van der Waals surface area contributed by atoms with Crippen LogP contribution >= 0.6 is 0 Å². The van der Waals surface area contributed by atoms with Crippen LogP contribution in [0.15, 0.2) is 35.6 Å². The Morgan fingerprint density at radius 3 is 2.42 bits per heavy atom. The summed E-state index contributed by atoms with van der Waals surface area (Å²) in [5.74, 6) is 0.372. The number of rotatable bonds is 1. The largest absolute Gasteiger partial charge is 0.511 e. The molecule has 0 heterocycles. The molecule has 0 aromatic heterocycles. The number of aliphatic hydroxyl groups is 1. The molecule has 0 saturated carbocycles. The molecule has 2 nitrogen and oxygen atoms in total. The van der Waals surface area contributed by atoms with Gasteiger partial charge in [0.1, 0.15) is 5.76 Å². The average Bonchev–Trinajstić information content (AvgIpc) is 2.04. The molecule has 0 saturated heterocycles. The summed E-state index contributed by atoms with van der Waals surface area (Å²) < 4.78 is 0. The van der Waals surface area contributed by atoms with Crippen molar-refractivity contribution in [1.29, 1.82) is 5.41 Å². The Kier molecular flexibility index (Phi) is 2.48. The molecule has 0 aromatic carbocycles. The minimum atomic E-state index is 0.0801. The van der Waals surface area contributed by atoms with Gasteiger partial charge in [0.25, 0.3) is 0 Å². The van der Waals surface area contributed by atoms with Crippen LogP contribution in [0.25, 0.3) is 0 Å². The van der Waals surface area contributed by atoms with Crippen LogP contribution < -0.4 is 0 Å². The molecule has 0 aromatic rings. The molecular formula is C10H13NO. The van der Waals surface area contributed by atoms with Crippen molar-refractivity contribution in [3.05, 3.63) is 35.6 Å². The first-order chi connectivity index (χ1) is 5.63. The molecule has 0 atom stereocenters. The van der Waals surface area contributed by atoms with E-state index in [1.54, 1.807) is 18.2 Å². The third kappa shape index (κ3) is 1.64. The Hall–Kier alpha value is -1.31. The van der Waals surface area contributed by atoms with Crippen LogP contribution in [-0.4, -0.2) is 10.8 Å². The standard InChI is InChI=1S/C10H13NO/c1-7(2)10(12)8-5-3-4-6-9(8)11/h3-7,11-12H,1-2H3/b10-8-,11-9?. The van der Waals surface area contributed by atoms with E-state index in [1.165, 1.54) is 0 Å². The lowest BCUT2D eigenvalue weighted by Gasteiger charge is -2.10. The van der Waals surface area contributed by atoms with Crippen molar-refractivity contribution in [3.63, 3.8) is 0 Å². The summed E-state index contributed by atoms with van der Waals surface area (Å²) in [5, 5.41) is 17.1. The first-order valence-corrected chi connectivity index (χ1v) is 3.99. The summed E-state index contributed by atoms with van der Waals surface area (Å²) >= 11 is 0. The lowest BCUT2D eigenvalue weighted by atomic mass is 9.99. The molecule has 12 heavy (non-hydrogen) atoms. The highest BCUT2D eigenvalue weighted by Crippen LogP contribution is 2.16. The summed E-state index contributed by atoms with van der Waals surface area (Å²) in [7, 11) is 0. The molecule has 0 amide bonds. The molecule has 0 bridgehead atoms. The summed E-state index contributed by atoms with van der Waals surface area (Å²) in [5.41, 5.74) is 1.01. The van der Waals surface area contributed by atoms with E-state index in [0.29, 0.717) is 17.0 Å². The molecule has 64 valence electrons. The molecule has 0 radical (unpaired) electrons. The maximum Gasteiger partial charge on any atom is 0.104 e. The lowest BCUT2D eigenvalue weighted by molar-refractivity contribution is 0.349. The summed E-state index contributed by atoms with van der Waals surface area (Å²) in [6.07, 6.45) is 7.05. The van der Waals surface area contributed by atoms with Gasteiger partial charge in [-0.2, -0.15) is 0 Å². The number of allylic oxidation sites excluding steroid dienone is 6. The van der Waals surface area contributed by atoms with Gasteiger partial charge in [-0.15, -0.1) is 0 Å². The zero-order chi connectivity index (χ0) is 9.14. The number of nitrogens with one attached hydrogen (secondary N) is 1. The predicted octanol–water partition coefficient (Wildman–Crippen LogP) is 2.60. The van der Waals surface area contributed by atoms with Crippen LogP contribution in [-0.2, 0) is 0 Å². The minimum absolute atomic E-state index is 0.0801. The van der Waals surface area contributed by atoms with Crippen LogP contribution in [0.2, 0.25) is 0 Å². The molecule has 0 aliphatic heterocycles. The smallest absolute Gasteiger partial charge is 0.104 e. The SMILES string of the molecule is CC(C)/C(O)=C1\C=CC=CC1=N. The van der Waals surface area contributed by atoms with Gasteiger partial charge in [-0.25, -0.2) is 0 Å². The van der Waals surface area contributed by atoms with Crippen molar-refractivity contribution in [2.24, 2.45) is 5.92 Å². The van der Waals surface area contributed by atoms with Gasteiger partial charge in [0.05, 0.1) is 5.71 Å². The van der Waals surface area contributed by atoms with E-state index in [9.17, 15) is 5.11 Å². The van der Waals surface area contributed by atoms with E-state index >= 15 is 0 Å². The zero-order valence-electron chi connectivity index (χ0n) is 7.33. The fraction of sp³-hybridized carbons (Fsp3) is 0.300. The van der Waals surface area contributed by atoms with Gasteiger partial charge in [0.2, 0.25) is 0 Å². The third-order valence-corrected chi connectivity index (χ3v) is 1.75. The van der Waals surface area contributed by atoms with E-state index < -0.39 is 0 Å². The molecule has 1 rings (SSSR count). The molecule has 1 aliphatic carbocycles. The normalized spacial score (nSPS) is 20.4. The highest BCUT2D eigenvalue weighted by Gasteiger charge is 2.10. The topological polar surface area (TPSA) is 44.1 Å². The van der Waals surface area contributed by atoms with E-state index in [1.807, 2.05) is 19.9 Å². The fourth-order valence-corrected chi connectivity index (χ4v) is 1.02. The second kappa shape index (κ2) is 3.39. The molecule has 0 spiro atoms. The zero-order valence-corrected chi connectivity index (χ0v) is 7.33. The van der Waals surface area contributed by atoms with E-state index in [2.05, 4.69) is 0 Å². The predicted molar refractivity (Wildman–Crippen MR) is 50.5 cm³/mol. The fourth-order valence-electron chi connectivity index (χ4n) is 1.02. The van der Waals surface area contributed by atoms with Crippen LogP contribution in [0, 0.1) is 11.3 Å². The van der Waals surface area contributed by atoms with Gasteiger partial charge in [-0.3, -0.25) is 0 Å². The number of aliphatic hydroxyl groups excluding tert-OH is 1. The number of hydrogen-bond acceptors (Lipinski definition) is 2. The lowest BCUT2D eigenvalue weighted by Crippen LogP contribution is -2.06. The van der Waals surface area contributed by atoms with Crippen molar-refractivity contribution in [2.75, 3.05) is 0 Å².